The summed E-state index contributed by atoms with van der Waals surface area (Å²) in [6, 6.07) is 18.0. The summed E-state index contributed by atoms with van der Waals surface area (Å²) in [5, 5.41) is 3.10. The molecule has 1 N–H and O–H groups in total. The van der Waals surface area contributed by atoms with Gasteiger partial charge in [-0.2, -0.15) is 0 Å². The Morgan fingerprint density at radius 1 is 1.00 bits per heavy atom. The van der Waals surface area contributed by atoms with Crippen molar-refractivity contribution in [3.63, 3.8) is 0 Å². The number of carbonyl (C=O) groups excluding carboxylic acids is 2. The van der Waals surface area contributed by atoms with E-state index in [0.717, 1.165) is 17.7 Å². The van der Waals surface area contributed by atoms with E-state index in [9.17, 15) is 9.59 Å². The minimum Gasteiger partial charge on any atom is -0.352 e. The van der Waals surface area contributed by atoms with Gasteiger partial charge in [0, 0.05) is 38.2 Å². The molecule has 5 heteroatoms. The summed E-state index contributed by atoms with van der Waals surface area (Å²) in [5.74, 6) is 0.0603. The quantitative estimate of drug-likeness (QED) is 0.719. The summed E-state index contributed by atoms with van der Waals surface area (Å²) in [5.41, 5.74) is 3.39. The molecule has 2 aromatic rings. The Balaban J connectivity index is 1.46. The van der Waals surface area contributed by atoms with E-state index in [1.807, 2.05) is 67.5 Å². The fourth-order valence-corrected chi connectivity index (χ4v) is 3.75. The van der Waals surface area contributed by atoms with Crippen molar-refractivity contribution in [3.05, 3.63) is 77.4 Å². The van der Waals surface area contributed by atoms with Crippen molar-refractivity contribution in [3.8, 4) is 0 Å². The zero-order valence-corrected chi connectivity index (χ0v) is 17.9. The third-order valence-corrected chi connectivity index (χ3v) is 5.45. The van der Waals surface area contributed by atoms with E-state index in [2.05, 4.69) is 22.3 Å². The highest BCUT2D eigenvalue weighted by molar-refractivity contribution is 5.92. The van der Waals surface area contributed by atoms with Crippen molar-refractivity contribution >= 4 is 17.9 Å². The van der Waals surface area contributed by atoms with Gasteiger partial charge in [0.15, 0.2) is 0 Å². The first-order chi connectivity index (χ1) is 14.5. The number of nitrogens with zero attached hydrogens (tertiary/aromatic N) is 2. The molecule has 1 saturated heterocycles. The van der Waals surface area contributed by atoms with Crippen LogP contribution in [0.5, 0.6) is 0 Å². The molecule has 0 atom stereocenters. The number of likely N-dealkylation sites (tertiary alicyclic amines) is 1. The van der Waals surface area contributed by atoms with Gasteiger partial charge >= 0.3 is 0 Å². The van der Waals surface area contributed by atoms with Crippen molar-refractivity contribution in [1.29, 1.82) is 0 Å². The maximum atomic E-state index is 12.7. The smallest absolute Gasteiger partial charge is 0.246 e. The van der Waals surface area contributed by atoms with Gasteiger partial charge in [0.1, 0.15) is 0 Å². The molecule has 1 aliphatic rings. The van der Waals surface area contributed by atoms with E-state index < -0.39 is 0 Å². The molecule has 1 heterocycles. The van der Waals surface area contributed by atoms with Crippen molar-refractivity contribution in [2.24, 2.45) is 5.92 Å². The molecule has 2 amide bonds. The third-order valence-electron chi connectivity index (χ3n) is 5.45. The number of amides is 2. The Kier molecular flexibility index (Phi) is 7.80. The lowest BCUT2D eigenvalue weighted by molar-refractivity contribution is -0.132. The molecule has 2 aromatic carbocycles. The molecule has 0 saturated carbocycles. The molecule has 0 aromatic heterocycles. The van der Waals surface area contributed by atoms with Crippen LogP contribution < -0.4 is 5.32 Å². The molecule has 3 rings (SSSR count). The van der Waals surface area contributed by atoms with Crippen LogP contribution in [0.1, 0.15) is 29.5 Å². The molecule has 158 valence electrons. The number of benzene rings is 2. The number of rotatable bonds is 7. The third kappa shape index (κ3) is 6.29. The molecule has 0 bridgehead atoms. The second-order valence-electron chi connectivity index (χ2n) is 8.07. The molecule has 5 nitrogen and oxygen atoms in total. The second kappa shape index (κ2) is 10.7. The summed E-state index contributed by atoms with van der Waals surface area (Å²) in [6.07, 6.45) is 4.87. The van der Waals surface area contributed by atoms with E-state index in [1.165, 1.54) is 5.56 Å². The van der Waals surface area contributed by atoms with Crippen LogP contribution in [0.3, 0.4) is 0 Å². The van der Waals surface area contributed by atoms with Gasteiger partial charge in [-0.1, -0.05) is 54.6 Å². The van der Waals surface area contributed by atoms with Crippen LogP contribution in [0.15, 0.2) is 60.7 Å². The maximum absolute atomic E-state index is 12.7. The fraction of sp³-hybridized carbons (Fsp3) is 0.360. The topological polar surface area (TPSA) is 52.7 Å². The highest BCUT2D eigenvalue weighted by Crippen LogP contribution is 2.19. The van der Waals surface area contributed by atoms with Crippen molar-refractivity contribution in [1.82, 2.24) is 15.1 Å². The predicted molar refractivity (Wildman–Crippen MR) is 120 cm³/mol. The SMILES string of the molecule is CN(C)Cc1ccccc1CNC(=O)C1CCN(C(=O)/C=C/c2ccccc2)CC1. The average Bonchev–Trinajstić information content (AvgIpc) is 2.77. The second-order valence-corrected chi connectivity index (χ2v) is 8.07. The van der Waals surface area contributed by atoms with Crippen LogP contribution in [0.25, 0.3) is 6.08 Å². The fourth-order valence-electron chi connectivity index (χ4n) is 3.75. The van der Waals surface area contributed by atoms with Gasteiger partial charge in [0.05, 0.1) is 0 Å². The van der Waals surface area contributed by atoms with Crippen LogP contribution in [0.2, 0.25) is 0 Å². The standard InChI is InChI=1S/C25H31N3O2/c1-27(2)19-23-11-7-6-10-22(23)18-26-25(30)21-14-16-28(17-15-21)24(29)13-12-20-8-4-3-5-9-20/h3-13,21H,14-19H2,1-2H3,(H,26,30)/b13-12+. The Labute approximate surface area is 179 Å². The van der Waals surface area contributed by atoms with Crippen LogP contribution in [-0.2, 0) is 22.7 Å². The molecule has 0 spiro atoms. The first-order valence-electron chi connectivity index (χ1n) is 10.5. The van der Waals surface area contributed by atoms with E-state index in [-0.39, 0.29) is 17.7 Å². The number of carbonyl (C=O) groups is 2. The zero-order chi connectivity index (χ0) is 21.3. The predicted octanol–water partition coefficient (Wildman–Crippen LogP) is 3.32. The summed E-state index contributed by atoms with van der Waals surface area (Å²) >= 11 is 0. The molecular weight excluding hydrogens is 374 g/mol. The molecule has 1 fully saturated rings. The largest absolute Gasteiger partial charge is 0.352 e. The van der Waals surface area contributed by atoms with E-state index in [0.29, 0.717) is 32.5 Å². The van der Waals surface area contributed by atoms with Crippen LogP contribution in [0.4, 0.5) is 0 Å². The van der Waals surface area contributed by atoms with Gasteiger partial charge in [0.25, 0.3) is 0 Å². The van der Waals surface area contributed by atoms with Crippen LogP contribution in [0, 0.1) is 5.92 Å². The Bertz CT molecular complexity index is 869. The zero-order valence-electron chi connectivity index (χ0n) is 17.9. The summed E-state index contributed by atoms with van der Waals surface area (Å²) in [6.45, 7) is 2.63. The Morgan fingerprint density at radius 2 is 1.63 bits per heavy atom. The molecule has 0 aliphatic carbocycles. The maximum Gasteiger partial charge on any atom is 0.246 e. The lowest BCUT2D eigenvalue weighted by Gasteiger charge is -2.30. The number of hydrogen-bond donors (Lipinski definition) is 1. The Morgan fingerprint density at radius 3 is 2.30 bits per heavy atom. The first kappa shape index (κ1) is 21.8. The van der Waals surface area contributed by atoms with Crippen LogP contribution in [-0.4, -0.2) is 48.8 Å². The molecule has 0 unspecified atom stereocenters. The van der Waals surface area contributed by atoms with E-state index in [4.69, 9.17) is 0 Å². The van der Waals surface area contributed by atoms with Gasteiger partial charge in [-0.05, 0) is 49.7 Å². The number of hydrogen-bond acceptors (Lipinski definition) is 3. The Hall–Kier alpha value is -2.92. The van der Waals surface area contributed by atoms with E-state index in [1.54, 1.807) is 6.08 Å². The minimum absolute atomic E-state index is 0.00956. The van der Waals surface area contributed by atoms with Gasteiger partial charge < -0.3 is 15.1 Å². The highest BCUT2D eigenvalue weighted by Gasteiger charge is 2.26. The number of piperidine rings is 1. The monoisotopic (exact) mass is 405 g/mol. The van der Waals surface area contributed by atoms with Crippen molar-refractivity contribution in [2.45, 2.75) is 25.9 Å². The van der Waals surface area contributed by atoms with Gasteiger partial charge in [0.2, 0.25) is 11.8 Å². The lowest BCUT2D eigenvalue weighted by atomic mass is 9.95. The van der Waals surface area contributed by atoms with E-state index >= 15 is 0 Å². The summed E-state index contributed by atoms with van der Waals surface area (Å²) < 4.78 is 0. The van der Waals surface area contributed by atoms with Gasteiger partial charge in [-0.3, -0.25) is 9.59 Å². The molecular formula is C25H31N3O2. The molecule has 30 heavy (non-hydrogen) atoms. The van der Waals surface area contributed by atoms with Crippen LogP contribution >= 0.6 is 0 Å². The lowest BCUT2D eigenvalue weighted by Crippen LogP contribution is -2.42. The number of nitrogens with one attached hydrogen (secondary N) is 1. The van der Waals surface area contributed by atoms with Crippen molar-refractivity contribution < 1.29 is 9.59 Å². The summed E-state index contributed by atoms with van der Waals surface area (Å²) in [7, 11) is 4.08. The first-order valence-corrected chi connectivity index (χ1v) is 10.5. The van der Waals surface area contributed by atoms with Gasteiger partial charge in [-0.25, -0.2) is 0 Å². The normalized spacial score (nSPS) is 15.0. The van der Waals surface area contributed by atoms with Gasteiger partial charge in [-0.15, -0.1) is 0 Å². The molecule has 1 aliphatic heterocycles. The average molecular weight is 406 g/mol. The minimum atomic E-state index is -0.0341. The highest BCUT2D eigenvalue weighted by atomic mass is 16.2. The summed E-state index contributed by atoms with van der Waals surface area (Å²) in [4.78, 5) is 29.0. The molecule has 0 radical (unpaired) electrons. The van der Waals surface area contributed by atoms with Crippen molar-refractivity contribution in [2.75, 3.05) is 27.2 Å².